The van der Waals surface area contributed by atoms with E-state index in [0.717, 1.165) is 5.56 Å². The van der Waals surface area contributed by atoms with Gasteiger partial charge in [0.25, 0.3) is 11.6 Å². The summed E-state index contributed by atoms with van der Waals surface area (Å²) in [5.74, 6) is 0.716. The van der Waals surface area contributed by atoms with E-state index in [-0.39, 0.29) is 18.4 Å². The Balaban J connectivity index is 1.44. The molecule has 0 atom stereocenters. The molecule has 2 aromatic rings. The molecular weight excluding hydrogens is 362 g/mol. The maximum atomic E-state index is 12.6. The molecule has 0 N–H and O–H groups in total. The van der Waals surface area contributed by atoms with Crippen LogP contribution in [0.1, 0.15) is 21.5 Å². The topological polar surface area (TPSA) is 85.2 Å². The fourth-order valence-electron chi connectivity index (χ4n) is 3.62. The largest absolute Gasteiger partial charge is 0.467 e. The van der Waals surface area contributed by atoms with Crippen molar-refractivity contribution in [2.75, 3.05) is 33.0 Å². The zero-order valence-corrected chi connectivity index (χ0v) is 15.4. The average molecular weight is 383 g/mol. The van der Waals surface area contributed by atoms with Gasteiger partial charge in [0.15, 0.2) is 6.79 Å². The number of nitro groups is 1. The number of carbonyl (C=O) groups is 1. The minimum Gasteiger partial charge on any atom is -0.467 e. The highest BCUT2D eigenvalue weighted by Crippen LogP contribution is 2.33. The number of carbonyl (C=O) groups excluding carboxylic acids is 1. The molecule has 2 aromatic carbocycles. The summed E-state index contributed by atoms with van der Waals surface area (Å²) in [6.07, 6.45) is 0. The number of amides is 1. The van der Waals surface area contributed by atoms with Crippen LogP contribution in [0, 0.1) is 10.1 Å². The molecule has 4 rings (SSSR count). The van der Waals surface area contributed by atoms with Gasteiger partial charge in [-0.25, -0.2) is 0 Å². The number of benzene rings is 2. The Kier molecular flexibility index (Phi) is 5.23. The van der Waals surface area contributed by atoms with E-state index in [1.54, 1.807) is 6.07 Å². The Morgan fingerprint density at radius 1 is 1.11 bits per heavy atom. The number of nitro benzene ring substituents is 1. The molecule has 8 nitrogen and oxygen atoms in total. The van der Waals surface area contributed by atoms with Crippen LogP contribution in [-0.2, 0) is 17.9 Å². The van der Waals surface area contributed by atoms with E-state index in [0.29, 0.717) is 56.2 Å². The highest BCUT2D eigenvalue weighted by molar-refractivity contribution is 5.94. The molecule has 28 heavy (non-hydrogen) atoms. The smallest absolute Gasteiger partial charge is 0.270 e. The Bertz CT molecular complexity index is 879. The predicted octanol–water partition coefficient (Wildman–Crippen LogP) is 2.42. The number of rotatable bonds is 4. The molecular formula is C20H21N3O5. The van der Waals surface area contributed by atoms with E-state index >= 15 is 0 Å². The summed E-state index contributed by atoms with van der Waals surface area (Å²) in [5, 5.41) is 11.3. The number of non-ortho nitro benzene ring substituents is 1. The van der Waals surface area contributed by atoms with Crippen molar-refractivity contribution in [3.05, 3.63) is 69.3 Å². The van der Waals surface area contributed by atoms with Crippen LogP contribution < -0.4 is 4.74 Å². The van der Waals surface area contributed by atoms with E-state index in [1.165, 1.54) is 6.07 Å². The van der Waals surface area contributed by atoms with Crippen LogP contribution in [0.5, 0.6) is 5.75 Å². The summed E-state index contributed by atoms with van der Waals surface area (Å²) in [7, 11) is 0. The third kappa shape index (κ3) is 3.83. The first-order valence-electron chi connectivity index (χ1n) is 9.19. The summed E-state index contributed by atoms with van der Waals surface area (Å²) in [6, 6.07) is 12.3. The van der Waals surface area contributed by atoms with Crippen molar-refractivity contribution in [3.63, 3.8) is 0 Å². The number of hydrogen-bond acceptors (Lipinski definition) is 6. The van der Waals surface area contributed by atoms with Crippen LogP contribution in [0.4, 0.5) is 5.69 Å². The highest BCUT2D eigenvalue weighted by Gasteiger charge is 2.25. The van der Waals surface area contributed by atoms with Gasteiger partial charge in [0.2, 0.25) is 0 Å². The highest BCUT2D eigenvalue weighted by atomic mass is 16.7. The first kappa shape index (κ1) is 18.4. The van der Waals surface area contributed by atoms with E-state index in [4.69, 9.17) is 9.47 Å². The standard InChI is InChI=1S/C20H21N3O5/c24-20(15-4-2-1-3-5-15)22-8-6-21(7-9-22)12-16-10-18(23(25)26)11-17-13-27-14-28-19(16)17/h1-5,10-11H,6-9,12-14H2. The fourth-order valence-corrected chi connectivity index (χ4v) is 3.62. The lowest BCUT2D eigenvalue weighted by molar-refractivity contribution is -0.385. The Labute approximate surface area is 162 Å². The molecule has 0 unspecified atom stereocenters. The molecule has 1 fully saturated rings. The summed E-state index contributed by atoms with van der Waals surface area (Å²) in [6.45, 7) is 3.64. The van der Waals surface area contributed by atoms with Gasteiger partial charge in [0, 0.05) is 61.5 Å². The first-order valence-corrected chi connectivity index (χ1v) is 9.19. The number of piperazine rings is 1. The molecule has 2 aliphatic rings. The monoisotopic (exact) mass is 383 g/mol. The van der Waals surface area contributed by atoms with Crippen molar-refractivity contribution in [1.82, 2.24) is 9.80 Å². The average Bonchev–Trinajstić information content (AvgIpc) is 2.74. The number of nitrogens with zero attached hydrogens (tertiary/aromatic N) is 3. The fraction of sp³-hybridized carbons (Fsp3) is 0.350. The van der Waals surface area contributed by atoms with Gasteiger partial charge in [0.05, 0.1) is 11.5 Å². The van der Waals surface area contributed by atoms with Crippen LogP contribution in [-0.4, -0.2) is 53.6 Å². The summed E-state index contributed by atoms with van der Waals surface area (Å²) >= 11 is 0. The molecule has 2 aliphatic heterocycles. The van der Waals surface area contributed by atoms with Crippen LogP contribution >= 0.6 is 0 Å². The number of ether oxygens (including phenoxy) is 2. The number of hydrogen-bond donors (Lipinski definition) is 0. The molecule has 1 amide bonds. The second-order valence-corrected chi connectivity index (χ2v) is 6.90. The predicted molar refractivity (Wildman–Crippen MR) is 101 cm³/mol. The summed E-state index contributed by atoms with van der Waals surface area (Å²) in [5.41, 5.74) is 2.22. The molecule has 2 heterocycles. The molecule has 0 radical (unpaired) electrons. The van der Waals surface area contributed by atoms with Crippen molar-refractivity contribution in [1.29, 1.82) is 0 Å². The van der Waals surface area contributed by atoms with Crippen molar-refractivity contribution in [2.24, 2.45) is 0 Å². The van der Waals surface area contributed by atoms with Crippen molar-refractivity contribution < 1.29 is 19.2 Å². The van der Waals surface area contributed by atoms with Crippen molar-refractivity contribution >= 4 is 11.6 Å². The molecule has 146 valence electrons. The summed E-state index contributed by atoms with van der Waals surface area (Å²) in [4.78, 5) is 27.5. The molecule has 0 bridgehead atoms. The van der Waals surface area contributed by atoms with E-state index in [2.05, 4.69) is 4.90 Å². The van der Waals surface area contributed by atoms with Crippen LogP contribution in [0.15, 0.2) is 42.5 Å². The lowest BCUT2D eigenvalue weighted by Crippen LogP contribution is -2.48. The molecule has 8 heteroatoms. The number of fused-ring (bicyclic) bond motifs is 1. The quantitative estimate of drug-likeness (QED) is 0.595. The zero-order valence-electron chi connectivity index (χ0n) is 15.4. The maximum absolute atomic E-state index is 12.6. The molecule has 0 spiro atoms. The van der Waals surface area contributed by atoms with Crippen molar-refractivity contribution in [2.45, 2.75) is 13.2 Å². The minimum absolute atomic E-state index is 0.0356. The lowest BCUT2D eigenvalue weighted by Gasteiger charge is -2.35. The Hall–Kier alpha value is -2.97. The SMILES string of the molecule is O=C(c1ccccc1)N1CCN(Cc2cc([N+](=O)[O-])cc3c2OCOC3)CC1. The van der Waals surface area contributed by atoms with Gasteiger partial charge in [-0.05, 0) is 12.1 Å². The third-order valence-corrected chi connectivity index (χ3v) is 5.06. The van der Waals surface area contributed by atoms with Gasteiger partial charge in [-0.15, -0.1) is 0 Å². The van der Waals surface area contributed by atoms with Crippen LogP contribution in [0.25, 0.3) is 0 Å². The molecule has 0 aromatic heterocycles. The van der Waals surface area contributed by atoms with Crippen LogP contribution in [0.3, 0.4) is 0 Å². The Morgan fingerprint density at radius 2 is 1.86 bits per heavy atom. The van der Waals surface area contributed by atoms with Gasteiger partial charge in [-0.2, -0.15) is 0 Å². The maximum Gasteiger partial charge on any atom is 0.270 e. The summed E-state index contributed by atoms with van der Waals surface area (Å²) < 4.78 is 10.9. The lowest BCUT2D eigenvalue weighted by atomic mass is 10.1. The second kappa shape index (κ2) is 7.95. The molecule has 1 saturated heterocycles. The molecule has 0 aliphatic carbocycles. The second-order valence-electron chi connectivity index (χ2n) is 6.90. The van der Waals surface area contributed by atoms with E-state index in [9.17, 15) is 14.9 Å². The Morgan fingerprint density at radius 3 is 2.57 bits per heavy atom. The minimum atomic E-state index is -0.394. The zero-order chi connectivity index (χ0) is 19.5. The van der Waals surface area contributed by atoms with Gasteiger partial charge in [-0.1, -0.05) is 18.2 Å². The van der Waals surface area contributed by atoms with E-state index < -0.39 is 4.92 Å². The van der Waals surface area contributed by atoms with Gasteiger partial charge >= 0.3 is 0 Å². The van der Waals surface area contributed by atoms with Gasteiger partial charge < -0.3 is 14.4 Å². The third-order valence-electron chi connectivity index (χ3n) is 5.06. The van der Waals surface area contributed by atoms with Gasteiger partial charge in [-0.3, -0.25) is 19.8 Å². The van der Waals surface area contributed by atoms with E-state index in [1.807, 2.05) is 35.2 Å². The van der Waals surface area contributed by atoms with Crippen LogP contribution in [0.2, 0.25) is 0 Å². The normalized spacial score (nSPS) is 16.9. The van der Waals surface area contributed by atoms with Gasteiger partial charge in [0.1, 0.15) is 5.75 Å². The first-order chi connectivity index (χ1) is 13.6. The van der Waals surface area contributed by atoms with Crippen molar-refractivity contribution in [3.8, 4) is 5.75 Å². The molecule has 0 saturated carbocycles.